The lowest BCUT2D eigenvalue weighted by Gasteiger charge is -2.11. The van der Waals surface area contributed by atoms with Crippen LogP contribution in [0.1, 0.15) is 32.2 Å². The highest BCUT2D eigenvalue weighted by molar-refractivity contribution is 6.39. The number of nitrogen functional groups attached to an aromatic ring is 1. The fraction of sp³-hybridized carbons (Fsp3) is 0.0588. The Morgan fingerprint density at radius 2 is 1.61 bits per heavy atom. The molecule has 0 unspecified atom stereocenters. The predicted octanol–water partition coefficient (Wildman–Crippen LogP) is 3.87. The van der Waals surface area contributed by atoms with E-state index in [0.717, 1.165) is 12.1 Å². The zero-order valence-electron chi connectivity index (χ0n) is 13.6. The molecule has 0 radical (unpaired) electrons. The number of benzene rings is 2. The van der Waals surface area contributed by atoms with Crippen molar-refractivity contribution in [3.8, 4) is 0 Å². The molecule has 6 nitrogen and oxygen atoms in total. The van der Waals surface area contributed by atoms with Crippen LogP contribution in [0.5, 0.6) is 0 Å². The molecular weight excluding hydrogens is 420 g/mol. The van der Waals surface area contributed by atoms with E-state index in [1.165, 1.54) is 12.1 Å². The lowest BCUT2D eigenvalue weighted by molar-refractivity contribution is -0.137. The van der Waals surface area contributed by atoms with E-state index in [0.29, 0.717) is 6.07 Å². The van der Waals surface area contributed by atoms with Gasteiger partial charge in [0.15, 0.2) is 0 Å². The molecule has 0 spiro atoms. The molecule has 2 aromatic carbocycles. The maximum atomic E-state index is 13.0. The number of nitrogens with zero attached hydrogens (tertiary/aromatic N) is 2. The van der Waals surface area contributed by atoms with Crippen molar-refractivity contribution in [2.75, 3.05) is 5.73 Å². The van der Waals surface area contributed by atoms with Crippen LogP contribution in [0.2, 0.25) is 10.0 Å². The van der Waals surface area contributed by atoms with E-state index in [4.69, 9.17) is 34.7 Å². The number of primary amides is 1. The zero-order chi connectivity index (χ0) is 20.8. The number of fused-ring (bicyclic) bond motifs is 1. The van der Waals surface area contributed by atoms with E-state index in [9.17, 15) is 22.8 Å². The van der Waals surface area contributed by atoms with Crippen LogP contribution in [-0.2, 0) is 6.18 Å². The van der Waals surface area contributed by atoms with E-state index in [1.54, 1.807) is 0 Å². The predicted molar refractivity (Wildman–Crippen MR) is 97.4 cm³/mol. The number of ketones is 1. The Kier molecular flexibility index (Phi) is 4.90. The number of halogens is 5. The highest BCUT2D eigenvalue weighted by Crippen LogP contribution is 2.33. The van der Waals surface area contributed by atoms with Crippen LogP contribution in [0.3, 0.4) is 0 Å². The number of amides is 1. The van der Waals surface area contributed by atoms with Gasteiger partial charge in [-0.15, -0.1) is 0 Å². The molecule has 0 fully saturated rings. The number of nitrogens with two attached hydrogens (primary N) is 2. The zero-order valence-corrected chi connectivity index (χ0v) is 15.2. The summed E-state index contributed by atoms with van der Waals surface area (Å²) in [5.74, 6) is -2.47. The van der Waals surface area contributed by atoms with Gasteiger partial charge in [0.1, 0.15) is 5.69 Å². The fourth-order valence-corrected chi connectivity index (χ4v) is 2.93. The van der Waals surface area contributed by atoms with Gasteiger partial charge in [-0.2, -0.15) is 13.2 Å². The Labute approximate surface area is 165 Å². The summed E-state index contributed by atoms with van der Waals surface area (Å²) in [4.78, 5) is 31.9. The van der Waals surface area contributed by atoms with E-state index in [-0.39, 0.29) is 37.9 Å². The van der Waals surface area contributed by atoms with Crippen LogP contribution in [0.15, 0.2) is 30.3 Å². The fourth-order valence-electron chi connectivity index (χ4n) is 2.44. The first kappa shape index (κ1) is 19.8. The molecule has 4 N–H and O–H groups in total. The second-order valence-electron chi connectivity index (χ2n) is 5.67. The average molecular weight is 429 g/mol. The quantitative estimate of drug-likeness (QED) is 0.485. The minimum atomic E-state index is -4.64. The number of anilines is 1. The van der Waals surface area contributed by atoms with Crippen LogP contribution in [0, 0.1) is 0 Å². The number of aromatic nitrogens is 2. The van der Waals surface area contributed by atoms with Crippen molar-refractivity contribution >= 4 is 51.5 Å². The van der Waals surface area contributed by atoms with Gasteiger partial charge in [-0.3, -0.25) is 9.59 Å². The summed E-state index contributed by atoms with van der Waals surface area (Å²) in [6, 6.07) is 4.97. The van der Waals surface area contributed by atoms with Crippen molar-refractivity contribution in [3.05, 3.63) is 63.0 Å². The van der Waals surface area contributed by atoms with Crippen LogP contribution < -0.4 is 11.5 Å². The van der Waals surface area contributed by atoms with Gasteiger partial charge in [0.2, 0.25) is 11.6 Å². The summed E-state index contributed by atoms with van der Waals surface area (Å²) in [5, 5.41) is -0.000502. The first-order valence-corrected chi connectivity index (χ1v) is 8.22. The Balaban J connectivity index is 2.27. The lowest BCUT2D eigenvalue weighted by Crippen LogP contribution is -2.18. The van der Waals surface area contributed by atoms with Crippen LogP contribution in [-0.4, -0.2) is 21.7 Å². The van der Waals surface area contributed by atoms with Gasteiger partial charge < -0.3 is 11.5 Å². The Hall–Kier alpha value is -2.91. The Morgan fingerprint density at radius 1 is 1.00 bits per heavy atom. The summed E-state index contributed by atoms with van der Waals surface area (Å²) in [6.07, 6.45) is -4.64. The molecule has 1 amide bonds. The van der Waals surface area contributed by atoms with Crippen LogP contribution >= 0.6 is 23.2 Å². The number of carbonyl (C=O) groups excluding carboxylic acids is 2. The maximum Gasteiger partial charge on any atom is 0.416 e. The topological polar surface area (TPSA) is 112 Å². The second-order valence-corrected chi connectivity index (χ2v) is 6.49. The number of hydrogen-bond donors (Lipinski definition) is 2. The van der Waals surface area contributed by atoms with Gasteiger partial charge in [-0.1, -0.05) is 23.2 Å². The molecule has 1 heterocycles. The molecular formula is C17H9Cl2F3N4O2. The van der Waals surface area contributed by atoms with Crippen molar-refractivity contribution in [3.63, 3.8) is 0 Å². The highest BCUT2D eigenvalue weighted by Gasteiger charge is 2.31. The number of rotatable bonds is 3. The van der Waals surface area contributed by atoms with Gasteiger partial charge >= 0.3 is 6.18 Å². The third-order valence-corrected chi connectivity index (χ3v) is 4.43. The van der Waals surface area contributed by atoms with Gasteiger partial charge in [0.25, 0.3) is 5.91 Å². The molecule has 3 rings (SSSR count). The summed E-state index contributed by atoms with van der Waals surface area (Å²) in [7, 11) is 0. The van der Waals surface area contributed by atoms with E-state index in [2.05, 4.69) is 9.97 Å². The molecule has 3 aromatic rings. The van der Waals surface area contributed by atoms with Crippen molar-refractivity contribution in [2.45, 2.75) is 6.18 Å². The lowest BCUT2D eigenvalue weighted by atomic mass is 10.0. The van der Waals surface area contributed by atoms with E-state index >= 15 is 0 Å². The average Bonchev–Trinajstić information content (AvgIpc) is 2.62. The first-order chi connectivity index (χ1) is 13.0. The van der Waals surface area contributed by atoms with Gasteiger partial charge in [-0.25, -0.2) is 9.97 Å². The molecule has 0 aliphatic rings. The van der Waals surface area contributed by atoms with E-state index in [1.807, 2.05) is 0 Å². The van der Waals surface area contributed by atoms with Crippen molar-refractivity contribution in [2.24, 2.45) is 5.73 Å². The summed E-state index contributed by atoms with van der Waals surface area (Å²) in [5.41, 5.74) is 9.20. The molecule has 28 heavy (non-hydrogen) atoms. The van der Waals surface area contributed by atoms with Gasteiger partial charge in [-0.05, 0) is 30.3 Å². The van der Waals surface area contributed by atoms with Crippen molar-refractivity contribution < 1.29 is 22.8 Å². The van der Waals surface area contributed by atoms with Gasteiger partial charge in [0, 0.05) is 10.9 Å². The van der Waals surface area contributed by atoms with E-state index < -0.39 is 29.3 Å². The molecule has 0 aliphatic heterocycles. The largest absolute Gasteiger partial charge is 0.416 e. The number of hydrogen-bond acceptors (Lipinski definition) is 5. The first-order valence-electron chi connectivity index (χ1n) is 7.47. The molecule has 0 atom stereocenters. The third-order valence-electron chi connectivity index (χ3n) is 3.80. The normalized spacial score (nSPS) is 11.6. The van der Waals surface area contributed by atoms with Gasteiger partial charge in [0.05, 0.1) is 26.8 Å². The number of carbonyl (C=O) groups is 2. The Bertz CT molecular complexity index is 1130. The molecule has 144 valence electrons. The SMILES string of the molecule is NC(=O)c1nc(C(=O)c2cc(Cl)c(N)c(Cl)c2)c2ccc(C(F)(F)F)cc2n1. The minimum Gasteiger partial charge on any atom is -0.396 e. The molecule has 0 saturated carbocycles. The molecule has 0 aliphatic carbocycles. The molecule has 0 saturated heterocycles. The maximum absolute atomic E-state index is 13.0. The third kappa shape index (κ3) is 3.58. The number of alkyl halides is 3. The minimum absolute atomic E-state index is 0.00342. The van der Waals surface area contributed by atoms with Crippen LogP contribution in [0.25, 0.3) is 10.9 Å². The summed E-state index contributed by atoms with van der Waals surface area (Å²) in [6.45, 7) is 0. The monoisotopic (exact) mass is 428 g/mol. The van der Waals surface area contributed by atoms with Crippen molar-refractivity contribution in [1.82, 2.24) is 9.97 Å². The highest BCUT2D eigenvalue weighted by atomic mass is 35.5. The molecule has 1 aromatic heterocycles. The van der Waals surface area contributed by atoms with Crippen molar-refractivity contribution in [1.29, 1.82) is 0 Å². The smallest absolute Gasteiger partial charge is 0.396 e. The molecule has 11 heteroatoms. The van der Waals surface area contributed by atoms with Crippen LogP contribution in [0.4, 0.5) is 18.9 Å². The summed E-state index contributed by atoms with van der Waals surface area (Å²) < 4.78 is 38.9. The summed E-state index contributed by atoms with van der Waals surface area (Å²) >= 11 is 11.9. The Morgan fingerprint density at radius 3 is 2.14 bits per heavy atom. The molecule has 0 bridgehead atoms. The second kappa shape index (κ2) is 6.92. The standard InChI is InChI=1S/C17H9Cl2F3N4O2/c18-9-3-6(4-10(19)12(9)23)14(27)13-8-2-1-7(17(20,21)22)5-11(8)25-16(26-13)15(24)28/h1-5H,23H2,(H2,24,28).